The topological polar surface area (TPSA) is 155 Å². The molecule has 0 saturated carbocycles. The number of halogens is 3. The van der Waals surface area contributed by atoms with Crippen LogP contribution in [0.2, 0.25) is 0 Å². The number of esters is 1. The molecule has 1 unspecified atom stereocenters. The Kier molecular flexibility index (Phi) is 9.54. The molecule has 39 heavy (non-hydrogen) atoms. The van der Waals surface area contributed by atoms with Gasteiger partial charge < -0.3 is 25.7 Å². The van der Waals surface area contributed by atoms with E-state index in [0.29, 0.717) is 0 Å². The summed E-state index contributed by atoms with van der Waals surface area (Å²) < 4.78 is 45.5. The van der Waals surface area contributed by atoms with Gasteiger partial charge >= 0.3 is 41.7 Å². The van der Waals surface area contributed by atoms with Gasteiger partial charge in [-0.05, 0) is 17.7 Å². The maximum absolute atomic E-state index is 13.5. The summed E-state index contributed by atoms with van der Waals surface area (Å²) >= 11 is 2.09. The Morgan fingerprint density at radius 3 is 2.59 bits per heavy atom. The van der Waals surface area contributed by atoms with Crippen LogP contribution in [0.25, 0.3) is 11.6 Å². The van der Waals surface area contributed by atoms with Crippen LogP contribution in [0.4, 0.5) is 18.3 Å². The number of fused-ring (bicyclic) bond motifs is 1. The van der Waals surface area contributed by atoms with Gasteiger partial charge in [-0.15, -0.1) is 23.1 Å². The minimum absolute atomic E-state index is 0. The third kappa shape index (κ3) is 6.49. The van der Waals surface area contributed by atoms with Crippen LogP contribution >= 0.6 is 23.1 Å². The van der Waals surface area contributed by atoms with Crippen LogP contribution in [-0.4, -0.2) is 57.4 Å². The monoisotopic (exact) mass is 590 g/mol. The Bertz CT molecular complexity index is 1390. The minimum Gasteiger partial charge on any atom is -0.543 e. The predicted octanol–water partition coefficient (Wildman–Crippen LogP) is -1.74. The zero-order valence-electron chi connectivity index (χ0n) is 20.4. The number of carboxylic acid groups (broad SMARTS) is 1. The van der Waals surface area contributed by atoms with E-state index >= 15 is 0 Å². The number of thiazole rings is 1. The fourth-order valence-corrected chi connectivity index (χ4v) is 5.78. The van der Waals surface area contributed by atoms with E-state index in [1.165, 1.54) is 23.6 Å². The summed E-state index contributed by atoms with van der Waals surface area (Å²) in [5.74, 6) is -3.91. The zero-order valence-corrected chi connectivity index (χ0v) is 24.0. The summed E-state index contributed by atoms with van der Waals surface area (Å²) in [4.78, 5) is 54.0. The molecule has 2 atom stereocenters. The average molecular weight is 591 g/mol. The van der Waals surface area contributed by atoms with Crippen molar-refractivity contribution in [2.45, 2.75) is 24.5 Å². The molecular formula is C23H18F3N4NaO6S2. The number of rotatable bonds is 7. The number of hydrogen-bond donors (Lipinski definition) is 2. The van der Waals surface area contributed by atoms with Crippen LogP contribution in [0.5, 0.6) is 0 Å². The standard InChI is InChI=1S/C23H19F3N4O6S2.Na/c1-10(31)36-7-12-8-37-20-16(19(33)30(20)17(12)21(34)35)29-18(32)13(15-9-38-22(27)28-15)6-11-4-2-3-5-14(11)23(24,25)26;/h2-6,9,16,20H,7-8H2,1H3,(H2,27,28)(H,29,32)(H,34,35);/q;+1/p-1/b13-6-;/t16?,20-;/m0./s1. The summed E-state index contributed by atoms with van der Waals surface area (Å²) in [7, 11) is 0. The molecule has 2 aliphatic rings. The second-order valence-corrected chi connectivity index (χ2v) is 10.1. The van der Waals surface area contributed by atoms with Gasteiger partial charge in [0.15, 0.2) is 5.13 Å². The number of alkyl halides is 3. The molecule has 0 aliphatic carbocycles. The third-order valence-corrected chi connectivity index (χ3v) is 7.60. The number of carbonyl (C=O) groups is 4. The molecule has 2 aromatic rings. The van der Waals surface area contributed by atoms with Crippen molar-refractivity contribution in [3.05, 3.63) is 57.7 Å². The Balaban J connectivity index is 0.00000420. The number of anilines is 1. The number of carboxylic acids is 1. The molecule has 3 heterocycles. The maximum Gasteiger partial charge on any atom is 1.00 e. The van der Waals surface area contributed by atoms with Gasteiger partial charge in [-0.25, -0.2) is 4.98 Å². The SMILES string of the molecule is CC(=O)OCC1=C(C(=O)[O-])N2C(=O)C(NC(=O)/C(=C\c3ccccc3C(F)(F)F)c3csc(N)n3)[C@@H]2SC1.[Na+]. The molecule has 4 rings (SSSR count). The number of carbonyl (C=O) groups excluding carboxylic acids is 4. The first-order chi connectivity index (χ1) is 17.9. The van der Waals surface area contributed by atoms with Gasteiger partial charge in [0.1, 0.15) is 18.0 Å². The van der Waals surface area contributed by atoms with Crippen LogP contribution in [0.1, 0.15) is 23.7 Å². The number of nitrogens with two attached hydrogens (primary N) is 1. The van der Waals surface area contributed by atoms with E-state index in [0.717, 1.165) is 47.1 Å². The van der Waals surface area contributed by atoms with E-state index in [9.17, 15) is 37.5 Å². The number of aromatic nitrogens is 1. The summed E-state index contributed by atoms with van der Waals surface area (Å²) in [5.41, 5.74) is 3.81. The number of nitrogen functional groups attached to an aromatic ring is 1. The van der Waals surface area contributed by atoms with Crippen LogP contribution in [0.3, 0.4) is 0 Å². The van der Waals surface area contributed by atoms with Crippen molar-refractivity contribution < 1.29 is 71.8 Å². The molecule has 0 spiro atoms. The number of aliphatic carboxylic acids is 1. The molecule has 200 valence electrons. The van der Waals surface area contributed by atoms with Crippen molar-refractivity contribution in [2.75, 3.05) is 18.1 Å². The predicted molar refractivity (Wildman–Crippen MR) is 130 cm³/mol. The molecule has 1 aromatic carbocycles. The summed E-state index contributed by atoms with van der Waals surface area (Å²) in [6.45, 7) is 0.794. The van der Waals surface area contributed by atoms with Crippen molar-refractivity contribution >= 4 is 63.6 Å². The number of β-lactam (4-membered cyclic amide) rings is 1. The molecule has 1 aromatic heterocycles. The Labute approximate surface area is 249 Å². The third-order valence-electron chi connectivity index (χ3n) is 5.59. The molecule has 1 fully saturated rings. The molecule has 10 nitrogen and oxygen atoms in total. The molecular weight excluding hydrogens is 572 g/mol. The van der Waals surface area contributed by atoms with Crippen LogP contribution in [0, 0.1) is 0 Å². The average Bonchev–Trinajstić information content (AvgIpc) is 3.28. The first-order valence-corrected chi connectivity index (χ1v) is 12.7. The summed E-state index contributed by atoms with van der Waals surface area (Å²) in [6, 6.07) is 3.44. The molecule has 3 N–H and O–H groups in total. The first kappa shape index (κ1) is 30.7. The summed E-state index contributed by atoms with van der Waals surface area (Å²) in [6.07, 6.45) is -3.69. The molecule has 2 aliphatic heterocycles. The van der Waals surface area contributed by atoms with E-state index in [1.807, 2.05) is 0 Å². The smallest absolute Gasteiger partial charge is 0.543 e. The number of ether oxygens (including phenoxy) is 1. The fraction of sp³-hybridized carbons (Fsp3) is 0.261. The van der Waals surface area contributed by atoms with Crippen molar-refractivity contribution in [1.82, 2.24) is 15.2 Å². The Morgan fingerprint density at radius 2 is 2.00 bits per heavy atom. The van der Waals surface area contributed by atoms with Gasteiger partial charge in [-0.3, -0.25) is 19.3 Å². The normalized spacial score (nSPS) is 19.0. The largest absolute Gasteiger partial charge is 1.00 e. The van der Waals surface area contributed by atoms with Gasteiger partial charge in [0.05, 0.1) is 28.5 Å². The second-order valence-electron chi connectivity index (χ2n) is 8.09. The van der Waals surface area contributed by atoms with Crippen LogP contribution < -0.4 is 45.7 Å². The maximum atomic E-state index is 13.5. The molecule has 0 bridgehead atoms. The fourth-order valence-electron chi connectivity index (χ4n) is 3.89. The van der Waals surface area contributed by atoms with Gasteiger partial charge in [0.2, 0.25) is 0 Å². The number of hydrogen-bond acceptors (Lipinski definition) is 10. The van der Waals surface area contributed by atoms with E-state index < -0.39 is 52.6 Å². The van der Waals surface area contributed by atoms with Gasteiger partial charge in [0, 0.05) is 23.6 Å². The Morgan fingerprint density at radius 1 is 1.31 bits per heavy atom. The van der Waals surface area contributed by atoms with E-state index in [-0.39, 0.29) is 69.5 Å². The van der Waals surface area contributed by atoms with E-state index in [4.69, 9.17) is 10.5 Å². The van der Waals surface area contributed by atoms with Crippen molar-refractivity contribution in [3.8, 4) is 0 Å². The van der Waals surface area contributed by atoms with Gasteiger partial charge in [0.25, 0.3) is 11.8 Å². The number of benzene rings is 1. The van der Waals surface area contributed by atoms with E-state index in [2.05, 4.69) is 10.3 Å². The van der Waals surface area contributed by atoms with Gasteiger partial charge in [-0.1, -0.05) is 18.2 Å². The molecule has 0 radical (unpaired) electrons. The zero-order chi connectivity index (χ0) is 27.8. The minimum atomic E-state index is -4.70. The Hall–Kier alpha value is -2.85. The van der Waals surface area contributed by atoms with E-state index in [1.54, 1.807) is 0 Å². The van der Waals surface area contributed by atoms with Gasteiger partial charge in [-0.2, -0.15) is 13.2 Å². The molecule has 2 amide bonds. The van der Waals surface area contributed by atoms with Crippen LogP contribution in [-0.2, 0) is 30.1 Å². The first-order valence-electron chi connectivity index (χ1n) is 10.8. The number of amides is 2. The van der Waals surface area contributed by atoms with Crippen molar-refractivity contribution in [2.24, 2.45) is 0 Å². The number of thioether (sulfide) groups is 1. The number of nitrogens with one attached hydrogen (secondary N) is 1. The number of nitrogens with zero attached hydrogens (tertiary/aromatic N) is 2. The summed E-state index contributed by atoms with van der Waals surface area (Å²) in [5, 5.41) is 14.9. The van der Waals surface area contributed by atoms with Crippen LogP contribution in [0.15, 0.2) is 40.9 Å². The quantitative estimate of drug-likeness (QED) is 0.166. The second kappa shape index (κ2) is 12.1. The van der Waals surface area contributed by atoms with Crippen molar-refractivity contribution in [1.29, 1.82) is 0 Å². The molecule has 1 saturated heterocycles. The van der Waals surface area contributed by atoms with Crippen molar-refractivity contribution in [3.63, 3.8) is 0 Å². The molecule has 16 heteroatoms.